The van der Waals surface area contributed by atoms with Crippen LogP contribution in [-0.4, -0.2) is 143 Å². The molecule has 0 saturated carbocycles. The molecule has 4 amide bonds. The molecule has 0 fully saturated rings. The quantitative estimate of drug-likeness (QED) is 0.0524. The van der Waals surface area contributed by atoms with Gasteiger partial charge in [-0.1, -0.05) is 74.5 Å². The highest BCUT2D eigenvalue weighted by Gasteiger charge is 2.30. The van der Waals surface area contributed by atoms with E-state index in [1.807, 2.05) is 74.5 Å². The Hall–Kier alpha value is -4.16. The highest BCUT2D eigenvalue weighted by atomic mass is 16.6. The van der Waals surface area contributed by atoms with Crippen LogP contribution in [0, 0.1) is 5.92 Å². The molecule has 314 valence electrons. The van der Waals surface area contributed by atoms with Gasteiger partial charge in [-0.25, -0.2) is 4.79 Å². The van der Waals surface area contributed by atoms with Gasteiger partial charge in [0.1, 0.15) is 6.04 Å². The minimum atomic E-state index is -1.26. The summed E-state index contributed by atoms with van der Waals surface area (Å²) in [5, 5.41) is 40.2. The van der Waals surface area contributed by atoms with Crippen LogP contribution in [0.25, 0.3) is 0 Å². The minimum Gasteiger partial charge on any atom is -0.465 e. The lowest BCUT2D eigenvalue weighted by Crippen LogP contribution is -2.54. The van der Waals surface area contributed by atoms with Gasteiger partial charge in [0.05, 0.1) is 84.8 Å². The summed E-state index contributed by atoms with van der Waals surface area (Å²) in [4.78, 5) is 49.4. The molecule has 0 aliphatic rings. The third-order valence-corrected chi connectivity index (χ3v) is 8.40. The van der Waals surface area contributed by atoms with Crippen LogP contribution in [0.15, 0.2) is 60.7 Å². The number of carbonyl (C=O) groups is 4. The molecule has 4 atom stereocenters. The van der Waals surface area contributed by atoms with Gasteiger partial charge in [-0.3, -0.25) is 14.4 Å². The Morgan fingerprint density at radius 2 is 1.09 bits per heavy atom. The van der Waals surface area contributed by atoms with Crippen molar-refractivity contribution in [2.75, 3.05) is 79.2 Å². The number of carbonyl (C=O) groups excluding carboxylic acids is 3. The summed E-state index contributed by atoms with van der Waals surface area (Å²) in [5.41, 5.74) is 1.78. The Labute approximate surface area is 330 Å². The fraction of sp³-hybridized carbons (Fsp3) is 0.600. The number of hydrogen-bond acceptors (Lipinski definition) is 11. The number of nitrogens with one attached hydrogen (secondary N) is 4. The molecule has 0 aliphatic heterocycles. The zero-order chi connectivity index (χ0) is 40.8. The molecule has 2 aromatic carbocycles. The van der Waals surface area contributed by atoms with Crippen molar-refractivity contribution in [1.82, 2.24) is 21.3 Å². The maximum Gasteiger partial charge on any atom is 0.404 e. The molecule has 2 rings (SSSR count). The lowest BCUT2D eigenvalue weighted by Gasteiger charge is -2.30. The van der Waals surface area contributed by atoms with Gasteiger partial charge in [0.15, 0.2) is 0 Å². The van der Waals surface area contributed by atoms with Crippen molar-refractivity contribution in [2.24, 2.45) is 5.92 Å². The van der Waals surface area contributed by atoms with Gasteiger partial charge in [0.2, 0.25) is 17.7 Å². The largest absolute Gasteiger partial charge is 0.465 e. The summed E-state index contributed by atoms with van der Waals surface area (Å²) in [6, 6.07) is 16.5. The predicted molar refractivity (Wildman–Crippen MR) is 208 cm³/mol. The highest BCUT2D eigenvalue weighted by molar-refractivity contribution is 5.88. The molecule has 0 heterocycles. The number of amides is 4. The number of hydrogen-bond donors (Lipinski definition) is 7. The Morgan fingerprint density at radius 3 is 1.55 bits per heavy atom. The number of ether oxygens (including phenoxy) is 5. The smallest absolute Gasteiger partial charge is 0.404 e. The molecule has 0 saturated heterocycles. The molecule has 7 N–H and O–H groups in total. The zero-order valence-corrected chi connectivity index (χ0v) is 32.7. The third kappa shape index (κ3) is 23.0. The van der Waals surface area contributed by atoms with Gasteiger partial charge < -0.3 is 60.3 Å². The van der Waals surface area contributed by atoms with E-state index in [9.17, 15) is 29.4 Å². The number of aliphatic hydroxyl groups is 2. The molecule has 0 bridgehead atoms. The summed E-state index contributed by atoms with van der Waals surface area (Å²) < 4.78 is 27.2. The monoisotopic (exact) mass is 790 g/mol. The first-order valence-corrected chi connectivity index (χ1v) is 19.2. The Kier molecular flexibility index (Phi) is 25.7. The van der Waals surface area contributed by atoms with Crippen LogP contribution in [0.3, 0.4) is 0 Å². The van der Waals surface area contributed by atoms with Crippen LogP contribution >= 0.6 is 0 Å². The van der Waals surface area contributed by atoms with Crippen molar-refractivity contribution in [2.45, 2.75) is 70.2 Å². The molecular weight excluding hydrogens is 728 g/mol. The zero-order valence-electron chi connectivity index (χ0n) is 32.7. The Balaban J connectivity index is 1.68. The van der Waals surface area contributed by atoms with E-state index >= 15 is 0 Å². The van der Waals surface area contributed by atoms with Crippen LogP contribution in [0.4, 0.5) is 4.79 Å². The maximum atomic E-state index is 13.6. The van der Waals surface area contributed by atoms with Crippen LogP contribution in [0.2, 0.25) is 0 Å². The molecule has 56 heavy (non-hydrogen) atoms. The molecule has 0 spiro atoms. The lowest BCUT2D eigenvalue weighted by molar-refractivity contribution is -0.131. The van der Waals surface area contributed by atoms with Gasteiger partial charge in [-0.05, 0) is 36.3 Å². The minimum absolute atomic E-state index is 0.0405. The average molecular weight is 791 g/mol. The van der Waals surface area contributed by atoms with E-state index in [1.54, 1.807) is 0 Å². The molecule has 0 aromatic heterocycles. The van der Waals surface area contributed by atoms with Gasteiger partial charge >= 0.3 is 6.09 Å². The van der Waals surface area contributed by atoms with Crippen molar-refractivity contribution in [1.29, 1.82) is 0 Å². The van der Waals surface area contributed by atoms with Crippen molar-refractivity contribution in [3.8, 4) is 0 Å². The van der Waals surface area contributed by atoms with Gasteiger partial charge in [-0.2, -0.15) is 0 Å². The summed E-state index contributed by atoms with van der Waals surface area (Å²) in [6.45, 7) is 7.07. The van der Waals surface area contributed by atoms with Crippen molar-refractivity contribution >= 4 is 23.8 Å². The van der Waals surface area contributed by atoms with E-state index in [2.05, 4.69) is 21.3 Å². The summed E-state index contributed by atoms with van der Waals surface area (Å²) >= 11 is 0. The maximum absolute atomic E-state index is 13.6. The average Bonchev–Trinajstić information content (AvgIpc) is 3.17. The molecular formula is C40H62N4O12. The van der Waals surface area contributed by atoms with Crippen LogP contribution < -0.4 is 21.3 Å². The van der Waals surface area contributed by atoms with Crippen LogP contribution in [0.5, 0.6) is 0 Å². The number of aliphatic hydroxyl groups excluding tert-OH is 2. The molecule has 16 heteroatoms. The normalized spacial score (nSPS) is 13.4. The van der Waals surface area contributed by atoms with Crippen LogP contribution in [-0.2, 0) is 50.9 Å². The lowest BCUT2D eigenvalue weighted by atomic mass is 9.93. The Morgan fingerprint density at radius 1 is 0.625 bits per heavy atom. The number of rotatable bonds is 32. The topological polar surface area (TPSA) is 223 Å². The predicted octanol–water partition coefficient (Wildman–Crippen LogP) is 1.46. The molecule has 0 radical (unpaired) electrons. The fourth-order valence-electron chi connectivity index (χ4n) is 5.52. The first-order chi connectivity index (χ1) is 27.1. The number of benzene rings is 2. The van der Waals surface area contributed by atoms with Gasteiger partial charge in [0, 0.05) is 25.4 Å². The SMILES string of the molecule is CC(C)[C@H](NC(=O)CCOCCOCCOCCOCCOCCC(=O)NCCO)C(=O)N[C@@H](Cc1ccccc1)C[C@H](O)[C@H](Cc1ccccc1)NC(=O)O. The van der Waals surface area contributed by atoms with E-state index in [0.29, 0.717) is 52.7 Å². The van der Waals surface area contributed by atoms with E-state index in [1.165, 1.54) is 0 Å². The molecule has 16 nitrogen and oxygen atoms in total. The summed E-state index contributed by atoms with van der Waals surface area (Å²) in [5.74, 6) is -1.17. The first-order valence-electron chi connectivity index (χ1n) is 19.2. The molecule has 0 unspecified atom stereocenters. The summed E-state index contributed by atoms with van der Waals surface area (Å²) in [7, 11) is 0. The fourth-order valence-corrected chi connectivity index (χ4v) is 5.52. The summed E-state index contributed by atoms with van der Waals surface area (Å²) in [6.07, 6.45) is -1.38. The Bertz CT molecular complexity index is 1360. The number of carboxylic acid groups (broad SMARTS) is 1. The second-order valence-corrected chi connectivity index (χ2v) is 13.4. The first kappa shape index (κ1) is 48.0. The molecule has 0 aliphatic carbocycles. The third-order valence-electron chi connectivity index (χ3n) is 8.40. The standard InChI is InChI=1S/C40H62N4O12/c1-30(2)38(44-37(48)14-18-53-20-22-55-24-26-56-25-23-54-21-19-52-17-13-36(47)41-15-16-45)39(49)42-33(27-31-9-5-3-6-10-31)29-35(46)34(43-40(50)51)28-32-11-7-4-8-12-32/h3-12,30,33-35,38,43,45-46H,13-29H2,1-2H3,(H,41,47)(H,42,49)(H,44,48)(H,50,51)/t33-,34-,35-,38-/m0/s1. The van der Waals surface area contributed by atoms with Crippen molar-refractivity contribution < 1.29 is 58.2 Å². The van der Waals surface area contributed by atoms with E-state index in [-0.39, 0.29) is 76.4 Å². The van der Waals surface area contributed by atoms with Crippen molar-refractivity contribution in [3.63, 3.8) is 0 Å². The van der Waals surface area contributed by atoms with Gasteiger partial charge in [-0.15, -0.1) is 0 Å². The van der Waals surface area contributed by atoms with Crippen LogP contribution in [0.1, 0.15) is 44.2 Å². The van der Waals surface area contributed by atoms with E-state index in [0.717, 1.165) is 11.1 Å². The van der Waals surface area contributed by atoms with Gasteiger partial charge in [0.25, 0.3) is 0 Å². The molecule has 2 aromatic rings. The van der Waals surface area contributed by atoms with E-state index < -0.39 is 36.2 Å². The van der Waals surface area contributed by atoms with E-state index in [4.69, 9.17) is 28.8 Å². The second-order valence-electron chi connectivity index (χ2n) is 13.4. The highest BCUT2D eigenvalue weighted by Crippen LogP contribution is 2.15. The van der Waals surface area contributed by atoms with Crippen molar-refractivity contribution in [3.05, 3.63) is 71.8 Å². The second kappa shape index (κ2) is 30.0.